The van der Waals surface area contributed by atoms with E-state index in [9.17, 15) is 0 Å². The van der Waals surface area contributed by atoms with Gasteiger partial charge in [0.15, 0.2) is 0 Å². The predicted molar refractivity (Wildman–Crippen MR) is 114 cm³/mol. The molecule has 0 amide bonds. The third-order valence-electron chi connectivity index (χ3n) is 4.35. The fourth-order valence-electron chi connectivity index (χ4n) is 3.06. The summed E-state index contributed by atoms with van der Waals surface area (Å²) in [6.45, 7) is 2.29. The largest absolute Gasteiger partial charge is 2.00 e. The molecule has 136 valence electrons. The molecule has 4 rings (SSSR count). The van der Waals surface area contributed by atoms with Gasteiger partial charge in [-0.1, -0.05) is 67.6 Å². The van der Waals surface area contributed by atoms with Gasteiger partial charge < -0.3 is 5.73 Å². The average molecular weight is 413 g/mol. The van der Waals surface area contributed by atoms with Gasteiger partial charge in [-0.25, -0.2) is 0 Å². The normalized spacial score (nSPS) is 18.6. The van der Waals surface area contributed by atoms with E-state index >= 15 is 0 Å². The van der Waals surface area contributed by atoms with Gasteiger partial charge in [-0.2, -0.15) is 0 Å². The van der Waals surface area contributed by atoms with Crippen LogP contribution in [0.25, 0.3) is 0 Å². The van der Waals surface area contributed by atoms with Crippen molar-refractivity contribution in [1.29, 1.82) is 0 Å². The molecule has 0 aliphatic heterocycles. The molecule has 2 N–H and O–H groups in total. The third kappa shape index (κ3) is 6.43. The molecule has 10 radical (unpaired) electrons. The van der Waals surface area contributed by atoms with Gasteiger partial charge in [-0.05, 0) is 75.6 Å². The van der Waals surface area contributed by atoms with Crippen molar-refractivity contribution in [2.24, 2.45) is 5.73 Å². The van der Waals surface area contributed by atoms with Crippen molar-refractivity contribution in [3.8, 4) is 0 Å². The van der Waals surface area contributed by atoms with E-state index < -0.39 is 7.92 Å². The zero-order valence-corrected chi connectivity index (χ0v) is 17.3. The Labute approximate surface area is 177 Å². The first-order chi connectivity index (χ1) is 12.8. The van der Waals surface area contributed by atoms with Gasteiger partial charge in [-0.15, -0.1) is 0 Å². The molecule has 2 aliphatic carbocycles. The minimum Gasteiger partial charge on any atom is -0.323 e. The Hall–Kier alpha value is -0.651. The number of benzene rings is 2. The van der Waals surface area contributed by atoms with Gasteiger partial charge >= 0.3 is 17.1 Å². The van der Waals surface area contributed by atoms with E-state index in [1.807, 2.05) is 44.9 Å². The maximum atomic E-state index is 6.15. The fourth-order valence-corrected chi connectivity index (χ4v) is 5.75. The molecular formula is C24H24FeNP+2. The van der Waals surface area contributed by atoms with Crippen LogP contribution in [0.4, 0.5) is 0 Å². The van der Waals surface area contributed by atoms with Crippen LogP contribution in [0.1, 0.15) is 6.92 Å². The van der Waals surface area contributed by atoms with Gasteiger partial charge in [0.05, 0.1) is 0 Å². The zero-order chi connectivity index (χ0) is 18.2. The molecule has 3 heteroatoms. The third-order valence-corrected chi connectivity index (χ3v) is 7.11. The molecule has 0 spiro atoms. The fraction of sp³-hybridized carbons (Fsp3) is 0.0833. The zero-order valence-electron chi connectivity index (χ0n) is 15.3. The van der Waals surface area contributed by atoms with Crippen LogP contribution in [0, 0.1) is 63.3 Å². The van der Waals surface area contributed by atoms with Crippen LogP contribution >= 0.6 is 7.92 Å². The first-order valence-corrected chi connectivity index (χ1v) is 10.3. The van der Waals surface area contributed by atoms with E-state index in [4.69, 9.17) is 5.73 Å². The summed E-state index contributed by atoms with van der Waals surface area (Å²) in [6.07, 6.45) is 16.2. The predicted octanol–water partition coefficient (Wildman–Crippen LogP) is 4.22. The van der Waals surface area contributed by atoms with Gasteiger partial charge in [0, 0.05) is 12.0 Å². The summed E-state index contributed by atoms with van der Waals surface area (Å²) < 4.78 is 0. The molecule has 2 saturated carbocycles. The minimum absolute atomic E-state index is 0. The maximum Gasteiger partial charge on any atom is 2.00 e. The Bertz CT molecular complexity index is 582. The quantitative estimate of drug-likeness (QED) is 0.590. The molecule has 2 aromatic rings. The van der Waals surface area contributed by atoms with Crippen molar-refractivity contribution in [3.63, 3.8) is 0 Å². The minimum atomic E-state index is -0.459. The first kappa shape index (κ1) is 22.6. The second-order valence-electron chi connectivity index (χ2n) is 6.12. The molecule has 0 aromatic heterocycles. The molecule has 0 heterocycles. The molecule has 0 saturated heterocycles. The topological polar surface area (TPSA) is 26.0 Å². The number of hydrogen-bond donors (Lipinski definition) is 1. The van der Waals surface area contributed by atoms with Crippen LogP contribution < -0.4 is 16.3 Å². The van der Waals surface area contributed by atoms with E-state index in [-0.39, 0.29) is 17.1 Å². The van der Waals surface area contributed by atoms with Crippen molar-refractivity contribution in [3.05, 3.63) is 124 Å². The molecule has 1 nitrogen and oxygen atoms in total. The summed E-state index contributed by atoms with van der Waals surface area (Å²) in [4.78, 5) is 0. The second kappa shape index (κ2) is 12.0. The van der Waals surface area contributed by atoms with Crippen LogP contribution in [0.2, 0.25) is 0 Å². The van der Waals surface area contributed by atoms with E-state index in [2.05, 4.69) is 74.0 Å². The SMILES string of the molecule is C[C@H]([C]1[CH][CH][CH][C]1N)P(c1ccccc1)c1ccccc1.[CH]1[CH][CH][CH][CH]1.[Fe+2]. The molecule has 2 fully saturated rings. The summed E-state index contributed by atoms with van der Waals surface area (Å²) >= 11 is 0. The molecule has 2 aliphatic rings. The van der Waals surface area contributed by atoms with Crippen molar-refractivity contribution < 1.29 is 17.1 Å². The van der Waals surface area contributed by atoms with Crippen molar-refractivity contribution >= 4 is 18.5 Å². The Morgan fingerprint density at radius 2 is 1.11 bits per heavy atom. The molecule has 2 aromatic carbocycles. The summed E-state index contributed by atoms with van der Waals surface area (Å²) in [5.74, 6) is 1.26. The molecule has 1 atom stereocenters. The van der Waals surface area contributed by atoms with Crippen LogP contribution in [0.15, 0.2) is 60.7 Å². The van der Waals surface area contributed by atoms with Crippen molar-refractivity contribution in [2.75, 3.05) is 0 Å². The van der Waals surface area contributed by atoms with E-state index in [0.29, 0.717) is 5.66 Å². The summed E-state index contributed by atoms with van der Waals surface area (Å²) in [5.41, 5.74) is 6.55. The molecule has 0 unspecified atom stereocenters. The molecule has 27 heavy (non-hydrogen) atoms. The van der Waals surface area contributed by atoms with Crippen molar-refractivity contribution in [2.45, 2.75) is 12.6 Å². The number of hydrogen-bond acceptors (Lipinski definition) is 1. The number of rotatable bonds is 4. The maximum absolute atomic E-state index is 6.15. The standard InChI is InChI=1S/C19H19NP.C5H5.Fe/c1-15(18-13-8-14-19(18)20)21(16-9-4-2-5-10-16)17-11-6-3-7-12-17;1-2-4-5-3-1;/h2-15H,20H2,1H3;1-5H;/q;;+2/t15-;;/m1../s1. The van der Waals surface area contributed by atoms with Crippen molar-refractivity contribution in [1.82, 2.24) is 0 Å². The van der Waals surface area contributed by atoms with Gasteiger partial charge in [0.2, 0.25) is 0 Å². The van der Waals surface area contributed by atoms with Gasteiger partial charge in [0.25, 0.3) is 0 Å². The van der Waals surface area contributed by atoms with E-state index in [0.717, 1.165) is 6.04 Å². The van der Waals surface area contributed by atoms with Crippen LogP contribution in [-0.2, 0) is 17.1 Å². The molecular weight excluding hydrogens is 389 g/mol. The van der Waals surface area contributed by atoms with Crippen LogP contribution in [0.5, 0.6) is 0 Å². The van der Waals surface area contributed by atoms with E-state index in [1.54, 1.807) is 0 Å². The van der Waals surface area contributed by atoms with Crippen LogP contribution in [0.3, 0.4) is 0 Å². The summed E-state index contributed by atoms with van der Waals surface area (Å²) in [7, 11) is -0.459. The van der Waals surface area contributed by atoms with E-state index in [1.165, 1.54) is 16.5 Å². The Morgan fingerprint density at radius 3 is 1.48 bits per heavy atom. The Morgan fingerprint density at radius 1 is 0.667 bits per heavy atom. The average Bonchev–Trinajstić information content (AvgIpc) is 3.38. The Balaban J connectivity index is 0.000000379. The smallest absolute Gasteiger partial charge is 0.323 e. The van der Waals surface area contributed by atoms with Gasteiger partial charge in [-0.3, -0.25) is 0 Å². The second-order valence-corrected chi connectivity index (χ2v) is 8.66. The number of nitrogens with two attached hydrogens (primary N) is 1. The Kier molecular flexibility index (Phi) is 10.1. The monoisotopic (exact) mass is 413 g/mol. The summed E-state index contributed by atoms with van der Waals surface area (Å²) in [5, 5.41) is 2.79. The first-order valence-electron chi connectivity index (χ1n) is 8.84. The molecule has 0 bridgehead atoms. The van der Waals surface area contributed by atoms with Crippen LogP contribution in [-0.4, -0.2) is 5.66 Å². The summed E-state index contributed by atoms with van der Waals surface area (Å²) in [6, 6.07) is 22.5. The van der Waals surface area contributed by atoms with Gasteiger partial charge in [0.1, 0.15) is 0 Å².